The lowest BCUT2D eigenvalue weighted by Crippen LogP contribution is -2.36. The third kappa shape index (κ3) is 2.79. The molecule has 0 spiro atoms. The lowest BCUT2D eigenvalue weighted by molar-refractivity contribution is -0.142. The fraction of sp³-hybridized carbons (Fsp3) is 0.733. The smallest absolute Gasteiger partial charge is 0.315 e. The van der Waals surface area contributed by atoms with Crippen molar-refractivity contribution < 1.29 is 9.90 Å². The van der Waals surface area contributed by atoms with E-state index < -0.39 is 11.4 Å². The quantitative estimate of drug-likeness (QED) is 0.927. The van der Waals surface area contributed by atoms with Crippen molar-refractivity contribution in [2.24, 2.45) is 0 Å². The van der Waals surface area contributed by atoms with E-state index in [0.29, 0.717) is 11.7 Å². The van der Waals surface area contributed by atoms with Crippen LogP contribution < -0.4 is 4.90 Å². The molecule has 1 aromatic heterocycles. The van der Waals surface area contributed by atoms with Gasteiger partial charge in [-0.1, -0.05) is 0 Å². The molecule has 2 fully saturated rings. The van der Waals surface area contributed by atoms with Gasteiger partial charge in [-0.25, -0.2) is 4.98 Å². The zero-order valence-electron chi connectivity index (χ0n) is 12.7. The highest BCUT2D eigenvalue weighted by Gasteiger charge is 2.34. The Morgan fingerprint density at radius 2 is 2.14 bits per heavy atom. The van der Waals surface area contributed by atoms with Crippen molar-refractivity contribution in [1.82, 2.24) is 9.88 Å². The summed E-state index contributed by atoms with van der Waals surface area (Å²) in [7, 11) is 0. The van der Waals surface area contributed by atoms with E-state index >= 15 is 0 Å². The highest BCUT2D eigenvalue weighted by molar-refractivity contribution is 7.13. The van der Waals surface area contributed by atoms with Crippen LogP contribution in [0.5, 0.6) is 0 Å². The second-order valence-electron chi connectivity index (χ2n) is 6.58. The number of hydrogen-bond donors (Lipinski definition) is 1. The molecule has 2 aliphatic rings. The Kier molecular flexibility index (Phi) is 3.92. The monoisotopic (exact) mass is 309 g/mol. The van der Waals surface area contributed by atoms with Gasteiger partial charge in [-0.15, -0.1) is 11.3 Å². The summed E-state index contributed by atoms with van der Waals surface area (Å²) in [5, 5.41) is 12.2. The van der Waals surface area contributed by atoms with Gasteiger partial charge in [0.05, 0.1) is 5.69 Å². The zero-order chi connectivity index (χ0) is 15.0. The summed E-state index contributed by atoms with van der Waals surface area (Å²) in [5.41, 5.74) is -0.248. The number of aliphatic carboxylic acids is 1. The molecule has 0 amide bonds. The molecule has 1 N–H and O–H groups in total. The second kappa shape index (κ2) is 5.57. The first-order valence-corrected chi connectivity index (χ1v) is 8.55. The van der Waals surface area contributed by atoms with Crippen molar-refractivity contribution in [3.8, 4) is 0 Å². The van der Waals surface area contributed by atoms with E-state index in [9.17, 15) is 9.90 Å². The molecule has 3 rings (SSSR count). The highest BCUT2D eigenvalue weighted by Crippen LogP contribution is 2.31. The number of carboxylic acids is 1. The predicted octanol–water partition coefficient (Wildman–Crippen LogP) is 2.18. The maximum absolute atomic E-state index is 11.4. The molecule has 0 aromatic carbocycles. The molecule has 0 radical (unpaired) electrons. The van der Waals surface area contributed by atoms with Gasteiger partial charge < -0.3 is 10.0 Å². The first-order chi connectivity index (χ1) is 9.98. The van der Waals surface area contributed by atoms with Crippen molar-refractivity contribution in [3.05, 3.63) is 11.1 Å². The van der Waals surface area contributed by atoms with Gasteiger partial charge in [0, 0.05) is 31.1 Å². The Labute approximate surface area is 129 Å². The maximum Gasteiger partial charge on any atom is 0.315 e. The number of nitrogens with zero attached hydrogens (tertiary/aromatic N) is 3. The maximum atomic E-state index is 11.4. The van der Waals surface area contributed by atoms with Gasteiger partial charge in [-0.05, 0) is 39.7 Å². The number of thiazole rings is 1. The molecular weight excluding hydrogens is 286 g/mol. The second-order valence-corrected chi connectivity index (χ2v) is 7.41. The molecule has 2 aliphatic heterocycles. The molecule has 21 heavy (non-hydrogen) atoms. The van der Waals surface area contributed by atoms with Crippen LogP contribution in [0.25, 0.3) is 0 Å². The summed E-state index contributed by atoms with van der Waals surface area (Å²) in [5.74, 6) is -0.822. The molecule has 1 aromatic rings. The zero-order valence-corrected chi connectivity index (χ0v) is 13.5. The van der Waals surface area contributed by atoms with Gasteiger partial charge in [0.25, 0.3) is 0 Å². The van der Waals surface area contributed by atoms with Crippen molar-refractivity contribution in [3.63, 3.8) is 0 Å². The largest absolute Gasteiger partial charge is 0.481 e. The van der Waals surface area contributed by atoms with Crippen LogP contribution in [0.1, 0.15) is 38.8 Å². The van der Waals surface area contributed by atoms with Crippen LogP contribution in [0.2, 0.25) is 0 Å². The lowest BCUT2D eigenvalue weighted by Gasteiger charge is -2.25. The van der Waals surface area contributed by atoms with E-state index in [0.717, 1.165) is 24.6 Å². The summed E-state index contributed by atoms with van der Waals surface area (Å²) in [6.07, 6.45) is 3.73. The van der Waals surface area contributed by atoms with E-state index in [1.807, 2.05) is 5.38 Å². The molecule has 0 bridgehead atoms. The summed E-state index contributed by atoms with van der Waals surface area (Å²) < 4.78 is 0. The first-order valence-electron chi connectivity index (χ1n) is 7.67. The molecule has 5 nitrogen and oxygen atoms in total. The Hall–Kier alpha value is -1.14. The van der Waals surface area contributed by atoms with E-state index in [2.05, 4.69) is 14.8 Å². The molecule has 0 aliphatic carbocycles. The minimum atomic E-state index is -0.917. The van der Waals surface area contributed by atoms with Crippen LogP contribution in [0.4, 0.5) is 5.13 Å². The summed E-state index contributed by atoms with van der Waals surface area (Å²) in [4.78, 5) is 20.9. The molecule has 116 valence electrons. The first kappa shape index (κ1) is 14.8. The Balaban J connectivity index is 1.78. The number of hydrogen-bond acceptors (Lipinski definition) is 5. The SMILES string of the molecule is CC(C)(C(=O)O)c1csc(N2CCCN3CCCC3C2)n1. The third-order valence-corrected chi connectivity index (χ3v) is 5.64. The predicted molar refractivity (Wildman–Crippen MR) is 84.2 cm³/mol. The number of aromatic nitrogens is 1. The summed E-state index contributed by atoms with van der Waals surface area (Å²) >= 11 is 1.58. The number of carbonyl (C=O) groups is 1. The number of fused-ring (bicyclic) bond motifs is 1. The Bertz CT molecular complexity index is 529. The number of anilines is 1. The summed E-state index contributed by atoms with van der Waals surface area (Å²) in [6, 6.07) is 0.646. The van der Waals surface area contributed by atoms with Crippen molar-refractivity contribution in [2.45, 2.75) is 44.6 Å². The van der Waals surface area contributed by atoms with E-state index in [-0.39, 0.29) is 0 Å². The molecule has 3 heterocycles. The summed E-state index contributed by atoms with van der Waals surface area (Å²) in [6.45, 7) is 7.90. The molecule has 1 atom stereocenters. The fourth-order valence-corrected chi connectivity index (χ4v) is 4.22. The van der Waals surface area contributed by atoms with Crippen LogP contribution in [-0.2, 0) is 10.2 Å². The van der Waals surface area contributed by atoms with Gasteiger partial charge in [-0.2, -0.15) is 0 Å². The van der Waals surface area contributed by atoms with Crippen LogP contribution in [0.15, 0.2) is 5.38 Å². The van der Waals surface area contributed by atoms with Gasteiger partial charge in [0.2, 0.25) is 0 Å². The van der Waals surface area contributed by atoms with Crippen LogP contribution in [0, 0.1) is 0 Å². The number of carboxylic acid groups (broad SMARTS) is 1. The van der Waals surface area contributed by atoms with Gasteiger partial charge >= 0.3 is 5.97 Å². The lowest BCUT2D eigenvalue weighted by atomic mass is 9.90. The Morgan fingerprint density at radius 3 is 2.90 bits per heavy atom. The van der Waals surface area contributed by atoms with Gasteiger partial charge in [-0.3, -0.25) is 9.69 Å². The number of rotatable bonds is 3. The van der Waals surface area contributed by atoms with E-state index in [1.165, 1.54) is 25.9 Å². The topological polar surface area (TPSA) is 56.7 Å². The van der Waals surface area contributed by atoms with Crippen molar-refractivity contribution in [2.75, 3.05) is 31.1 Å². The average Bonchev–Trinajstić information content (AvgIpc) is 3.04. The fourth-order valence-electron chi connectivity index (χ4n) is 3.19. The van der Waals surface area contributed by atoms with Gasteiger partial charge in [0.1, 0.15) is 5.41 Å². The molecule has 1 unspecified atom stereocenters. The van der Waals surface area contributed by atoms with Crippen molar-refractivity contribution in [1.29, 1.82) is 0 Å². The highest BCUT2D eigenvalue weighted by atomic mass is 32.1. The van der Waals surface area contributed by atoms with Crippen LogP contribution >= 0.6 is 11.3 Å². The third-order valence-electron chi connectivity index (χ3n) is 4.74. The van der Waals surface area contributed by atoms with Crippen molar-refractivity contribution >= 4 is 22.4 Å². The minimum absolute atomic E-state index is 0.646. The molecule has 6 heteroatoms. The normalized spacial score (nSPS) is 23.9. The minimum Gasteiger partial charge on any atom is -0.481 e. The van der Waals surface area contributed by atoms with Crippen LogP contribution in [-0.4, -0.2) is 53.2 Å². The molecule has 0 saturated carbocycles. The van der Waals surface area contributed by atoms with E-state index in [4.69, 9.17) is 0 Å². The molecule has 2 saturated heterocycles. The Morgan fingerprint density at radius 1 is 1.38 bits per heavy atom. The van der Waals surface area contributed by atoms with Gasteiger partial charge in [0.15, 0.2) is 5.13 Å². The standard InChI is InChI=1S/C15H23N3O2S/c1-15(2,13(19)20)12-10-21-14(16-12)18-8-4-7-17-6-3-5-11(17)9-18/h10-11H,3-9H2,1-2H3,(H,19,20). The average molecular weight is 309 g/mol. The van der Waals surface area contributed by atoms with E-state index in [1.54, 1.807) is 25.2 Å². The van der Waals surface area contributed by atoms with Crippen LogP contribution in [0.3, 0.4) is 0 Å². The molecular formula is C15H23N3O2S.